The van der Waals surface area contributed by atoms with E-state index in [9.17, 15) is 0 Å². The molecule has 31 heavy (non-hydrogen) atoms. The van der Waals surface area contributed by atoms with Gasteiger partial charge in [0.2, 0.25) is 0 Å². The van der Waals surface area contributed by atoms with Crippen LogP contribution in [0.4, 0.5) is 11.4 Å². The van der Waals surface area contributed by atoms with E-state index in [2.05, 4.69) is 75.7 Å². The number of anilines is 2. The largest absolute Gasteiger partial charge is 0.461 e. The van der Waals surface area contributed by atoms with Crippen LogP contribution in [-0.2, 0) is 7.05 Å². The van der Waals surface area contributed by atoms with Crippen LogP contribution in [0.2, 0.25) is 0 Å². The molecule has 0 unspecified atom stereocenters. The number of fused-ring (bicyclic) bond motifs is 2. The molecule has 0 amide bonds. The third-order valence-corrected chi connectivity index (χ3v) is 6.53. The highest BCUT2D eigenvalue weighted by Crippen LogP contribution is 2.40. The Morgan fingerprint density at radius 1 is 1.03 bits per heavy atom. The summed E-state index contributed by atoms with van der Waals surface area (Å²) in [6.45, 7) is 0. The summed E-state index contributed by atoms with van der Waals surface area (Å²) in [5.74, 6) is 2.59. The number of nitrogens with zero attached hydrogens (tertiary/aromatic N) is 3. The molecule has 1 N–H and O–H groups in total. The first-order valence-corrected chi connectivity index (χ1v) is 11.1. The van der Waals surface area contributed by atoms with Gasteiger partial charge in [-0.25, -0.2) is 4.98 Å². The number of imidazole rings is 1. The summed E-state index contributed by atoms with van der Waals surface area (Å²) < 4.78 is 7.61. The predicted molar refractivity (Wildman–Crippen MR) is 128 cm³/mol. The van der Waals surface area contributed by atoms with Crippen molar-refractivity contribution >= 4 is 34.2 Å². The Hall–Kier alpha value is -3.64. The van der Waals surface area contributed by atoms with Gasteiger partial charge in [0.1, 0.15) is 0 Å². The highest BCUT2D eigenvalue weighted by atomic mass is 32.2. The van der Waals surface area contributed by atoms with Gasteiger partial charge in [0.05, 0.1) is 23.0 Å². The normalized spacial score (nSPS) is 15.5. The third kappa shape index (κ3) is 3.16. The van der Waals surface area contributed by atoms with Gasteiger partial charge in [-0.3, -0.25) is 0 Å². The molecule has 0 radical (unpaired) electrons. The fourth-order valence-corrected chi connectivity index (χ4v) is 4.99. The zero-order valence-electron chi connectivity index (χ0n) is 16.9. The Balaban J connectivity index is 1.36. The van der Waals surface area contributed by atoms with Crippen molar-refractivity contribution in [1.82, 2.24) is 9.55 Å². The van der Waals surface area contributed by atoms with Gasteiger partial charge in [-0.15, -0.1) is 11.8 Å². The summed E-state index contributed by atoms with van der Waals surface area (Å²) in [6, 6.07) is 20.5. The second-order valence-corrected chi connectivity index (χ2v) is 8.57. The molecule has 2 aliphatic rings. The minimum Gasteiger partial charge on any atom is -0.461 e. The third-order valence-electron chi connectivity index (χ3n) is 5.56. The Kier molecular flexibility index (Phi) is 4.25. The topological polar surface area (TPSA) is 46.2 Å². The first-order chi connectivity index (χ1) is 15.3. The summed E-state index contributed by atoms with van der Waals surface area (Å²) >= 11 is 1.87. The average molecular weight is 425 g/mol. The number of rotatable bonds is 4. The van der Waals surface area contributed by atoms with E-state index in [4.69, 9.17) is 9.40 Å². The Labute approximate surface area is 184 Å². The Morgan fingerprint density at radius 2 is 1.94 bits per heavy atom. The van der Waals surface area contributed by atoms with Gasteiger partial charge in [-0.1, -0.05) is 24.3 Å². The van der Waals surface area contributed by atoms with Gasteiger partial charge in [-0.05, 0) is 42.5 Å². The van der Waals surface area contributed by atoms with E-state index >= 15 is 0 Å². The summed E-state index contributed by atoms with van der Waals surface area (Å²) in [5, 5.41) is 3.63. The number of nitrogens with one attached hydrogen (secondary N) is 1. The molecule has 2 aliphatic heterocycles. The van der Waals surface area contributed by atoms with Gasteiger partial charge in [0.25, 0.3) is 0 Å². The highest BCUT2D eigenvalue weighted by Gasteiger charge is 2.23. The molecule has 4 aromatic rings. The van der Waals surface area contributed by atoms with Crippen molar-refractivity contribution in [3.8, 4) is 11.6 Å². The zero-order valence-corrected chi connectivity index (χ0v) is 17.8. The zero-order chi connectivity index (χ0) is 20.8. The number of aromatic nitrogens is 2. The molecule has 4 heterocycles. The summed E-state index contributed by atoms with van der Waals surface area (Å²) in [5.41, 5.74) is 6.50. The molecule has 0 atom stereocenters. The van der Waals surface area contributed by atoms with Gasteiger partial charge in [0, 0.05) is 47.1 Å². The van der Waals surface area contributed by atoms with Crippen LogP contribution in [0, 0.1) is 0 Å². The fraction of sp³-hybridized carbons (Fsp3) is 0.0800. The van der Waals surface area contributed by atoms with Crippen LogP contribution in [0.1, 0.15) is 0 Å². The van der Waals surface area contributed by atoms with Crippen molar-refractivity contribution < 1.29 is 4.42 Å². The van der Waals surface area contributed by atoms with E-state index in [-0.39, 0.29) is 0 Å². The number of para-hydroxylation sites is 1. The van der Waals surface area contributed by atoms with Crippen molar-refractivity contribution in [1.29, 1.82) is 0 Å². The number of benzene rings is 2. The second kappa shape index (κ2) is 7.25. The van der Waals surface area contributed by atoms with Crippen molar-refractivity contribution in [3.05, 3.63) is 102 Å². The van der Waals surface area contributed by atoms with Gasteiger partial charge in [-0.2, -0.15) is 0 Å². The molecule has 6 rings (SSSR count). The number of aryl methyl sites for hydroxylation is 1. The molecule has 2 aromatic heterocycles. The fourth-order valence-electron chi connectivity index (χ4n) is 4.02. The van der Waals surface area contributed by atoms with Crippen molar-refractivity contribution in [2.24, 2.45) is 7.05 Å². The van der Waals surface area contributed by atoms with E-state index in [1.165, 1.54) is 10.5 Å². The SMILES string of the molecule is Cn1c(-c2ccco2)nc2cc(NC3=CN(c4ccccc4)C=C4SCC=C34)ccc21. The number of thioether (sulfide) groups is 1. The highest BCUT2D eigenvalue weighted by molar-refractivity contribution is 8.03. The van der Waals surface area contributed by atoms with Crippen LogP contribution in [0.5, 0.6) is 0 Å². The molecule has 6 heteroatoms. The summed E-state index contributed by atoms with van der Waals surface area (Å²) in [7, 11) is 2.01. The lowest BCUT2D eigenvalue weighted by Gasteiger charge is -2.26. The smallest absolute Gasteiger partial charge is 0.176 e. The van der Waals surface area contributed by atoms with Crippen LogP contribution >= 0.6 is 11.8 Å². The van der Waals surface area contributed by atoms with Gasteiger partial charge >= 0.3 is 0 Å². The maximum Gasteiger partial charge on any atom is 0.176 e. The molecular weight excluding hydrogens is 404 g/mol. The molecule has 0 fully saturated rings. The summed E-state index contributed by atoms with van der Waals surface area (Å²) in [6.07, 6.45) is 8.33. The Morgan fingerprint density at radius 3 is 2.77 bits per heavy atom. The van der Waals surface area contributed by atoms with Gasteiger partial charge < -0.3 is 19.2 Å². The number of furan rings is 1. The maximum atomic E-state index is 5.55. The van der Waals surface area contributed by atoms with Crippen LogP contribution in [0.15, 0.2) is 106 Å². The van der Waals surface area contributed by atoms with Crippen LogP contribution in [0.25, 0.3) is 22.6 Å². The van der Waals surface area contributed by atoms with E-state index < -0.39 is 0 Å². The monoisotopic (exact) mass is 424 g/mol. The molecule has 0 aliphatic carbocycles. The van der Waals surface area contributed by atoms with E-state index in [0.717, 1.165) is 45.4 Å². The van der Waals surface area contributed by atoms with E-state index in [1.807, 2.05) is 37.0 Å². The number of hydrogen-bond acceptors (Lipinski definition) is 5. The Bertz CT molecular complexity index is 1360. The molecule has 5 nitrogen and oxygen atoms in total. The lowest BCUT2D eigenvalue weighted by molar-refractivity contribution is 0.574. The van der Waals surface area contributed by atoms with Crippen LogP contribution in [-0.4, -0.2) is 15.3 Å². The first kappa shape index (κ1) is 18.2. The van der Waals surface area contributed by atoms with Crippen molar-refractivity contribution in [2.45, 2.75) is 0 Å². The van der Waals surface area contributed by atoms with E-state index in [1.54, 1.807) is 6.26 Å². The lowest BCUT2D eigenvalue weighted by atomic mass is 10.1. The molecule has 0 saturated carbocycles. The molecule has 2 aromatic carbocycles. The van der Waals surface area contributed by atoms with Crippen LogP contribution in [0.3, 0.4) is 0 Å². The maximum absolute atomic E-state index is 5.55. The predicted octanol–water partition coefficient (Wildman–Crippen LogP) is 6.12. The second-order valence-electron chi connectivity index (χ2n) is 7.51. The summed E-state index contributed by atoms with van der Waals surface area (Å²) in [4.78, 5) is 8.27. The molecule has 0 saturated heterocycles. The standard InChI is InChI=1S/C25H20N4OS/c1-28-22-10-9-17(14-20(22)27-25(28)23-8-5-12-30-23)26-21-15-29(18-6-3-2-4-7-18)16-24-19(21)11-13-31-24/h2-12,14-16,26H,13H2,1H3. The quantitative estimate of drug-likeness (QED) is 0.427. The van der Waals surface area contributed by atoms with Gasteiger partial charge in [0.15, 0.2) is 11.6 Å². The average Bonchev–Trinajstić information content (AvgIpc) is 3.55. The molecule has 0 spiro atoms. The van der Waals surface area contributed by atoms with Crippen molar-refractivity contribution in [2.75, 3.05) is 16.0 Å². The molecular formula is C25H20N4OS. The molecule has 0 bridgehead atoms. The number of allylic oxidation sites excluding steroid dienone is 1. The number of hydrogen-bond donors (Lipinski definition) is 1. The minimum atomic E-state index is 0.768. The first-order valence-electron chi connectivity index (χ1n) is 10.1. The lowest BCUT2D eigenvalue weighted by Crippen LogP contribution is -2.17. The molecule has 152 valence electrons. The van der Waals surface area contributed by atoms with Crippen LogP contribution < -0.4 is 10.2 Å². The van der Waals surface area contributed by atoms with Crippen molar-refractivity contribution in [3.63, 3.8) is 0 Å². The van der Waals surface area contributed by atoms with E-state index in [0.29, 0.717) is 0 Å². The minimum absolute atomic E-state index is 0.768.